The van der Waals surface area contributed by atoms with Gasteiger partial charge in [0.15, 0.2) is 0 Å². The number of carbonyl (C=O) groups excluding carboxylic acids is 1. The Balaban J connectivity index is 2.46. The number of aliphatic carboxylic acids is 1. The summed E-state index contributed by atoms with van der Waals surface area (Å²) in [5, 5.41) is 8.88. The number of urea groups is 1. The van der Waals surface area contributed by atoms with Crippen LogP contribution in [0, 0.1) is 11.8 Å². The third-order valence-corrected chi connectivity index (χ3v) is 3.42. The van der Waals surface area contributed by atoms with Crippen molar-refractivity contribution in [3.63, 3.8) is 0 Å². The van der Waals surface area contributed by atoms with Crippen molar-refractivity contribution in [1.82, 2.24) is 9.80 Å². The molecule has 0 aromatic heterocycles. The summed E-state index contributed by atoms with van der Waals surface area (Å²) in [7, 11) is 1.78. The Labute approximate surface area is 102 Å². The topological polar surface area (TPSA) is 60.9 Å². The van der Waals surface area contributed by atoms with Gasteiger partial charge in [-0.25, -0.2) is 4.79 Å². The van der Waals surface area contributed by atoms with Gasteiger partial charge < -0.3 is 14.9 Å². The molecule has 2 amide bonds. The van der Waals surface area contributed by atoms with Gasteiger partial charge in [-0.2, -0.15) is 0 Å². The van der Waals surface area contributed by atoms with Crippen LogP contribution in [0.25, 0.3) is 0 Å². The molecule has 2 atom stereocenters. The van der Waals surface area contributed by atoms with Crippen LogP contribution >= 0.6 is 0 Å². The van der Waals surface area contributed by atoms with Crippen LogP contribution in [0.1, 0.15) is 26.7 Å². The minimum absolute atomic E-state index is 0.0472. The first-order chi connectivity index (χ1) is 7.95. The number of nitrogens with zero attached hydrogens (tertiary/aromatic N) is 2. The van der Waals surface area contributed by atoms with E-state index in [2.05, 4.69) is 13.8 Å². The van der Waals surface area contributed by atoms with E-state index in [0.29, 0.717) is 25.4 Å². The first-order valence-corrected chi connectivity index (χ1v) is 6.18. The Kier molecular flexibility index (Phi) is 4.78. The SMILES string of the molecule is CCC(C)CN(C)C(=O)N1CCC(C(=O)O)C1. The van der Waals surface area contributed by atoms with Crippen molar-refractivity contribution in [1.29, 1.82) is 0 Å². The molecule has 1 rings (SSSR count). The summed E-state index contributed by atoms with van der Waals surface area (Å²) in [6.45, 7) is 5.83. The fourth-order valence-electron chi connectivity index (χ4n) is 2.05. The standard InChI is InChI=1S/C12H22N2O3/c1-4-9(2)7-13(3)12(17)14-6-5-10(8-14)11(15)16/h9-10H,4-8H2,1-3H3,(H,15,16). The van der Waals surface area contributed by atoms with Crippen LogP contribution in [-0.4, -0.2) is 53.6 Å². The number of carboxylic acid groups (broad SMARTS) is 1. The number of hydrogen-bond donors (Lipinski definition) is 1. The van der Waals surface area contributed by atoms with Gasteiger partial charge in [0.25, 0.3) is 0 Å². The molecular weight excluding hydrogens is 220 g/mol. The van der Waals surface area contributed by atoms with Gasteiger partial charge in [-0.05, 0) is 12.3 Å². The Morgan fingerprint density at radius 1 is 1.53 bits per heavy atom. The van der Waals surface area contributed by atoms with Gasteiger partial charge in [0, 0.05) is 26.7 Å². The van der Waals surface area contributed by atoms with E-state index >= 15 is 0 Å². The van der Waals surface area contributed by atoms with Gasteiger partial charge in [-0.3, -0.25) is 4.79 Å². The summed E-state index contributed by atoms with van der Waals surface area (Å²) in [5.41, 5.74) is 0. The third-order valence-electron chi connectivity index (χ3n) is 3.42. The third kappa shape index (κ3) is 3.61. The number of likely N-dealkylation sites (tertiary alicyclic amines) is 1. The second kappa shape index (κ2) is 5.89. The summed E-state index contributed by atoms with van der Waals surface area (Å²) in [6, 6.07) is -0.0472. The highest BCUT2D eigenvalue weighted by Crippen LogP contribution is 2.18. The van der Waals surface area contributed by atoms with Gasteiger partial charge in [0.1, 0.15) is 0 Å². The van der Waals surface area contributed by atoms with E-state index in [1.807, 2.05) is 0 Å². The van der Waals surface area contributed by atoms with Crippen LogP contribution in [-0.2, 0) is 4.79 Å². The Morgan fingerprint density at radius 3 is 2.65 bits per heavy atom. The van der Waals surface area contributed by atoms with E-state index < -0.39 is 11.9 Å². The van der Waals surface area contributed by atoms with Crippen LogP contribution in [0.3, 0.4) is 0 Å². The van der Waals surface area contributed by atoms with E-state index in [1.54, 1.807) is 16.8 Å². The van der Waals surface area contributed by atoms with Gasteiger partial charge in [-0.15, -0.1) is 0 Å². The molecule has 0 spiro atoms. The molecule has 0 bridgehead atoms. The molecule has 0 radical (unpaired) electrons. The van der Waals surface area contributed by atoms with Crippen molar-refractivity contribution in [2.75, 3.05) is 26.7 Å². The highest BCUT2D eigenvalue weighted by Gasteiger charge is 2.32. The molecule has 0 aromatic rings. The molecule has 0 aliphatic carbocycles. The fraction of sp³-hybridized carbons (Fsp3) is 0.833. The molecule has 1 saturated heterocycles. The summed E-state index contributed by atoms with van der Waals surface area (Å²) < 4.78 is 0. The van der Waals surface area contributed by atoms with Gasteiger partial charge in [-0.1, -0.05) is 20.3 Å². The first kappa shape index (κ1) is 13.8. The van der Waals surface area contributed by atoms with E-state index in [9.17, 15) is 9.59 Å². The smallest absolute Gasteiger partial charge is 0.319 e. The number of rotatable bonds is 4. The van der Waals surface area contributed by atoms with Gasteiger partial charge in [0.2, 0.25) is 0 Å². The molecule has 5 nitrogen and oxygen atoms in total. The normalized spacial score (nSPS) is 21.4. The summed E-state index contributed by atoms with van der Waals surface area (Å²) >= 11 is 0. The van der Waals surface area contributed by atoms with Crippen molar-refractivity contribution in [2.24, 2.45) is 11.8 Å². The van der Waals surface area contributed by atoms with Crippen molar-refractivity contribution < 1.29 is 14.7 Å². The minimum Gasteiger partial charge on any atom is -0.481 e. The quantitative estimate of drug-likeness (QED) is 0.812. The lowest BCUT2D eigenvalue weighted by atomic mass is 10.1. The lowest BCUT2D eigenvalue weighted by Crippen LogP contribution is -2.41. The zero-order valence-corrected chi connectivity index (χ0v) is 10.8. The molecule has 1 aliphatic rings. The van der Waals surface area contributed by atoms with E-state index in [-0.39, 0.29) is 6.03 Å². The van der Waals surface area contributed by atoms with Crippen molar-refractivity contribution in [3.05, 3.63) is 0 Å². The van der Waals surface area contributed by atoms with E-state index in [4.69, 9.17) is 5.11 Å². The van der Waals surface area contributed by atoms with Crippen molar-refractivity contribution in [2.45, 2.75) is 26.7 Å². The Bertz CT molecular complexity index is 293. The highest BCUT2D eigenvalue weighted by atomic mass is 16.4. The average Bonchev–Trinajstić information content (AvgIpc) is 2.77. The Morgan fingerprint density at radius 2 is 2.18 bits per heavy atom. The molecule has 1 aliphatic heterocycles. The molecule has 98 valence electrons. The van der Waals surface area contributed by atoms with Crippen LogP contribution < -0.4 is 0 Å². The molecular formula is C12H22N2O3. The summed E-state index contributed by atoms with van der Waals surface area (Å²) in [6.07, 6.45) is 1.60. The van der Waals surface area contributed by atoms with Crippen LogP contribution in [0.4, 0.5) is 4.79 Å². The predicted molar refractivity (Wildman–Crippen MR) is 64.8 cm³/mol. The lowest BCUT2D eigenvalue weighted by molar-refractivity contribution is -0.141. The Hall–Kier alpha value is -1.26. The number of carboxylic acids is 1. The predicted octanol–water partition coefficient (Wildman–Crippen LogP) is 1.49. The van der Waals surface area contributed by atoms with Crippen LogP contribution in [0.2, 0.25) is 0 Å². The van der Waals surface area contributed by atoms with E-state index in [0.717, 1.165) is 13.0 Å². The van der Waals surface area contributed by atoms with Crippen LogP contribution in [0.5, 0.6) is 0 Å². The molecule has 0 saturated carbocycles. The van der Waals surface area contributed by atoms with Gasteiger partial charge >= 0.3 is 12.0 Å². The monoisotopic (exact) mass is 242 g/mol. The van der Waals surface area contributed by atoms with Crippen molar-refractivity contribution in [3.8, 4) is 0 Å². The van der Waals surface area contributed by atoms with Gasteiger partial charge in [0.05, 0.1) is 5.92 Å². The molecule has 5 heteroatoms. The van der Waals surface area contributed by atoms with Crippen LogP contribution in [0.15, 0.2) is 0 Å². The zero-order chi connectivity index (χ0) is 13.0. The highest BCUT2D eigenvalue weighted by molar-refractivity contribution is 5.77. The number of hydrogen-bond acceptors (Lipinski definition) is 2. The maximum Gasteiger partial charge on any atom is 0.319 e. The second-order valence-corrected chi connectivity index (χ2v) is 4.95. The number of carbonyl (C=O) groups is 2. The maximum atomic E-state index is 12.0. The molecule has 1 N–H and O–H groups in total. The van der Waals surface area contributed by atoms with E-state index in [1.165, 1.54) is 0 Å². The maximum absolute atomic E-state index is 12.0. The average molecular weight is 242 g/mol. The molecule has 2 unspecified atom stereocenters. The molecule has 1 fully saturated rings. The molecule has 0 aromatic carbocycles. The largest absolute Gasteiger partial charge is 0.481 e. The summed E-state index contributed by atoms with van der Waals surface area (Å²) in [5.74, 6) is -0.720. The minimum atomic E-state index is -0.801. The first-order valence-electron chi connectivity index (χ1n) is 6.18. The lowest BCUT2D eigenvalue weighted by Gasteiger charge is -2.26. The molecule has 1 heterocycles. The second-order valence-electron chi connectivity index (χ2n) is 4.95. The molecule has 17 heavy (non-hydrogen) atoms. The number of amides is 2. The zero-order valence-electron chi connectivity index (χ0n) is 10.8. The fourth-order valence-corrected chi connectivity index (χ4v) is 2.05. The summed E-state index contributed by atoms with van der Waals surface area (Å²) in [4.78, 5) is 26.2. The van der Waals surface area contributed by atoms with Crippen molar-refractivity contribution >= 4 is 12.0 Å².